The first kappa shape index (κ1) is 19.5. The Kier molecular flexibility index (Phi) is 6.58. The first-order valence-electron chi connectivity index (χ1n) is 9.48. The van der Waals surface area contributed by atoms with Crippen molar-refractivity contribution in [1.82, 2.24) is 9.80 Å². The zero-order valence-electron chi connectivity index (χ0n) is 16.0. The maximum atomic E-state index is 13.5. The fourth-order valence-corrected chi connectivity index (χ4v) is 3.43. The Labute approximate surface area is 160 Å². The third kappa shape index (κ3) is 5.15. The fourth-order valence-electron chi connectivity index (χ4n) is 3.43. The Morgan fingerprint density at radius 1 is 1.04 bits per heavy atom. The normalized spacial score (nSPS) is 17.5. The highest BCUT2D eigenvalue weighted by atomic mass is 19.1. The topological polar surface area (TPSA) is 32.8 Å². The predicted molar refractivity (Wildman–Crippen MR) is 104 cm³/mol. The predicted octanol–water partition coefficient (Wildman–Crippen LogP) is 3.64. The van der Waals surface area contributed by atoms with Crippen LogP contribution in [0.25, 0.3) is 0 Å². The molecule has 0 saturated carbocycles. The van der Waals surface area contributed by atoms with Crippen molar-refractivity contribution in [2.24, 2.45) is 0 Å². The molecule has 2 aromatic rings. The maximum Gasteiger partial charge on any atom is 0.251 e. The summed E-state index contributed by atoms with van der Waals surface area (Å²) < 4.78 is 19.2. The molecule has 1 amide bonds. The quantitative estimate of drug-likeness (QED) is 0.778. The molecule has 0 radical (unpaired) electrons. The Balaban J connectivity index is 1.48. The van der Waals surface area contributed by atoms with Crippen molar-refractivity contribution >= 4 is 5.91 Å². The molecule has 1 heterocycles. The standard InChI is InChI=1S/C22H27FN2O2/c1-17(20-9-6-10-21(23)15-20)24-11-13-25(14-12-24)22(26)18(2)27-16-19-7-4-3-5-8-19/h3-10,15,17-18H,11-14,16H2,1-2H3/t17-,18+/m0/s1. The summed E-state index contributed by atoms with van der Waals surface area (Å²) in [5, 5.41) is 0. The lowest BCUT2D eigenvalue weighted by atomic mass is 10.1. The van der Waals surface area contributed by atoms with Gasteiger partial charge in [-0.05, 0) is 37.1 Å². The highest BCUT2D eigenvalue weighted by Crippen LogP contribution is 2.22. The van der Waals surface area contributed by atoms with E-state index in [0.29, 0.717) is 19.7 Å². The van der Waals surface area contributed by atoms with Gasteiger partial charge < -0.3 is 9.64 Å². The summed E-state index contributed by atoms with van der Waals surface area (Å²) in [6.07, 6.45) is -0.461. The molecule has 1 saturated heterocycles. The molecule has 3 rings (SSSR count). The molecule has 0 aromatic heterocycles. The van der Waals surface area contributed by atoms with Gasteiger partial charge in [-0.2, -0.15) is 0 Å². The zero-order valence-corrected chi connectivity index (χ0v) is 16.0. The highest BCUT2D eigenvalue weighted by molar-refractivity contribution is 5.80. The van der Waals surface area contributed by atoms with E-state index in [2.05, 4.69) is 11.8 Å². The smallest absolute Gasteiger partial charge is 0.251 e. The van der Waals surface area contributed by atoms with E-state index >= 15 is 0 Å². The molecule has 144 valence electrons. The van der Waals surface area contributed by atoms with Crippen molar-refractivity contribution in [3.05, 3.63) is 71.5 Å². The number of amides is 1. The lowest BCUT2D eigenvalue weighted by molar-refractivity contribution is -0.145. The minimum atomic E-state index is -0.461. The van der Waals surface area contributed by atoms with Gasteiger partial charge in [0.2, 0.25) is 0 Å². The lowest BCUT2D eigenvalue weighted by Crippen LogP contribution is -2.51. The third-order valence-electron chi connectivity index (χ3n) is 5.20. The average Bonchev–Trinajstić information content (AvgIpc) is 2.72. The summed E-state index contributed by atoms with van der Waals surface area (Å²) in [4.78, 5) is 16.8. The summed E-state index contributed by atoms with van der Waals surface area (Å²) in [7, 11) is 0. The lowest BCUT2D eigenvalue weighted by Gasteiger charge is -2.39. The van der Waals surface area contributed by atoms with Gasteiger partial charge in [0.1, 0.15) is 11.9 Å². The molecule has 0 aliphatic carbocycles. The summed E-state index contributed by atoms with van der Waals surface area (Å²) in [5.41, 5.74) is 2.03. The van der Waals surface area contributed by atoms with Crippen molar-refractivity contribution < 1.29 is 13.9 Å². The summed E-state index contributed by atoms with van der Waals surface area (Å²) in [6.45, 7) is 7.20. The van der Waals surface area contributed by atoms with E-state index < -0.39 is 6.10 Å². The Bertz CT molecular complexity index is 745. The van der Waals surface area contributed by atoms with Crippen LogP contribution in [0.3, 0.4) is 0 Å². The van der Waals surface area contributed by atoms with Crippen molar-refractivity contribution in [3.63, 3.8) is 0 Å². The zero-order chi connectivity index (χ0) is 19.2. The molecule has 0 N–H and O–H groups in total. The van der Waals surface area contributed by atoms with Gasteiger partial charge in [0.15, 0.2) is 0 Å². The van der Waals surface area contributed by atoms with Crippen molar-refractivity contribution in [2.45, 2.75) is 32.6 Å². The van der Waals surface area contributed by atoms with Gasteiger partial charge in [-0.3, -0.25) is 9.69 Å². The number of nitrogens with zero attached hydrogens (tertiary/aromatic N) is 2. The number of rotatable bonds is 6. The number of piperazine rings is 1. The minimum absolute atomic E-state index is 0.0315. The van der Waals surface area contributed by atoms with E-state index in [9.17, 15) is 9.18 Å². The monoisotopic (exact) mass is 370 g/mol. The second-order valence-electron chi connectivity index (χ2n) is 7.03. The van der Waals surface area contributed by atoms with Gasteiger partial charge in [-0.15, -0.1) is 0 Å². The molecule has 4 nitrogen and oxygen atoms in total. The van der Waals surface area contributed by atoms with E-state index in [1.54, 1.807) is 12.1 Å². The highest BCUT2D eigenvalue weighted by Gasteiger charge is 2.27. The van der Waals surface area contributed by atoms with Gasteiger partial charge in [0.25, 0.3) is 5.91 Å². The molecule has 5 heteroatoms. The average molecular weight is 370 g/mol. The van der Waals surface area contributed by atoms with Gasteiger partial charge in [-0.1, -0.05) is 42.5 Å². The molecule has 0 spiro atoms. The molecule has 0 bridgehead atoms. The van der Waals surface area contributed by atoms with Gasteiger partial charge in [0.05, 0.1) is 6.61 Å². The van der Waals surface area contributed by atoms with E-state index in [1.807, 2.05) is 48.2 Å². The number of carbonyl (C=O) groups excluding carboxylic acids is 1. The van der Waals surface area contributed by atoms with Crippen molar-refractivity contribution in [3.8, 4) is 0 Å². The summed E-state index contributed by atoms with van der Waals surface area (Å²) in [5.74, 6) is -0.179. The molecular formula is C22H27FN2O2. The first-order valence-corrected chi connectivity index (χ1v) is 9.48. The van der Waals surface area contributed by atoms with Crippen LogP contribution in [-0.2, 0) is 16.1 Å². The molecule has 1 fully saturated rings. The Morgan fingerprint density at radius 2 is 1.74 bits per heavy atom. The van der Waals surface area contributed by atoms with Crippen LogP contribution in [0.2, 0.25) is 0 Å². The third-order valence-corrected chi connectivity index (χ3v) is 5.20. The van der Waals surface area contributed by atoms with E-state index in [0.717, 1.165) is 24.2 Å². The number of carbonyl (C=O) groups is 1. The van der Waals surface area contributed by atoms with E-state index in [-0.39, 0.29) is 17.8 Å². The SMILES string of the molecule is C[C@@H](OCc1ccccc1)C(=O)N1CCN([C@@H](C)c2cccc(F)c2)CC1. The maximum absolute atomic E-state index is 13.5. The van der Waals surface area contributed by atoms with Crippen molar-refractivity contribution in [2.75, 3.05) is 26.2 Å². The van der Waals surface area contributed by atoms with E-state index in [4.69, 9.17) is 4.74 Å². The molecule has 1 aliphatic rings. The Morgan fingerprint density at radius 3 is 2.41 bits per heavy atom. The summed E-state index contributed by atoms with van der Waals surface area (Å²) >= 11 is 0. The van der Waals surface area contributed by atoms with Crippen molar-refractivity contribution in [1.29, 1.82) is 0 Å². The molecule has 1 aliphatic heterocycles. The van der Waals surface area contributed by atoms with Crippen LogP contribution in [0.15, 0.2) is 54.6 Å². The summed E-state index contributed by atoms with van der Waals surface area (Å²) in [6, 6.07) is 16.7. The molecule has 2 atom stereocenters. The second-order valence-corrected chi connectivity index (χ2v) is 7.03. The second kappa shape index (κ2) is 9.11. The molecule has 0 unspecified atom stereocenters. The Hall–Kier alpha value is -2.24. The number of halogens is 1. The molecule has 27 heavy (non-hydrogen) atoms. The largest absolute Gasteiger partial charge is 0.364 e. The van der Waals surface area contributed by atoms with Gasteiger partial charge in [-0.25, -0.2) is 4.39 Å². The molecule has 2 aromatic carbocycles. The fraction of sp³-hybridized carbons (Fsp3) is 0.409. The minimum Gasteiger partial charge on any atom is -0.364 e. The number of benzene rings is 2. The van der Waals surface area contributed by atoms with Crippen LogP contribution < -0.4 is 0 Å². The van der Waals surface area contributed by atoms with Gasteiger partial charge in [0, 0.05) is 32.2 Å². The van der Waals surface area contributed by atoms with Crippen LogP contribution in [0.4, 0.5) is 4.39 Å². The van der Waals surface area contributed by atoms with Crippen LogP contribution in [0, 0.1) is 5.82 Å². The number of hydrogen-bond acceptors (Lipinski definition) is 3. The first-order chi connectivity index (χ1) is 13.0. The molecular weight excluding hydrogens is 343 g/mol. The van der Waals surface area contributed by atoms with Crippen LogP contribution >= 0.6 is 0 Å². The van der Waals surface area contributed by atoms with Crippen LogP contribution in [-0.4, -0.2) is 48.0 Å². The van der Waals surface area contributed by atoms with E-state index in [1.165, 1.54) is 6.07 Å². The van der Waals surface area contributed by atoms with Crippen LogP contribution in [0.1, 0.15) is 31.0 Å². The number of hydrogen-bond donors (Lipinski definition) is 0. The van der Waals surface area contributed by atoms with Crippen LogP contribution in [0.5, 0.6) is 0 Å². The number of ether oxygens (including phenoxy) is 1. The van der Waals surface area contributed by atoms with Gasteiger partial charge >= 0.3 is 0 Å².